The SMILES string of the molecule is COc1ccc(C(=O)NCc2cc(Cl)cc(Cl)c2)c2c1OCC2CC(=O)NCc1ccc(Cl)cc1. The van der Waals surface area contributed by atoms with E-state index in [1.54, 1.807) is 42.5 Å². The Hall–Kier alpha value is -2.93. The summed E-state index contributed by atoms with van der Waals surface area (Å²) in [5.74, 6) is 0.261. The number of amides is 2. The van der Waals surface area contributed by atoms with Gasteiger partial charge in [-0.05, 0) is 53.6 Å². The topological polar surface area (TPSA) is 76.7 Å². The van der Waals surface area contributed by atoms with Crippen molar-refractivity contribution in [3.63, 3.8) is 0 Å². The van der Waals surface area contributed by atoms with Crippen molar-refractivity contribution in [2.45, 2.75) is 25.4 Å². The quantitative estimate of drug-likeness (QED) is 0.385. The molecule has 0 saturated heterocycles. The Morgan fingerprint density at radius 2 is 1.60 bits per heavy atom. The summed E-state index contributed by atoms with van der Waals surface area (Å²) in [6, 6.07) is 15.8. The van der Waals surface area contributed by atoms with Gasteiger partial charge in [0.05, 0.1) is 13.7 Å². The molecule has 1 atom stereocenters. The second kappa shape index (κ2) is 11.2. The fraction of sp³-hybridized carbons (Fsp3) is 0.231. The van der Waals surface area contributed by atoms with Crippen LogP contribution in [0.4, 0.5) is 0 Å². The largest absolute Gasteiger partial charge is 0.493 e. The van der Waals surface area contributed by atoms with E-state index in [-0.39, 0.29) is 37.3 Å². The van der Waals surface area contributed by atoms with Crippen LogP contribution < -0.4 is 20.1 Å². The lowest BCUT2D eigenvalue weighted by Crippen LogP contribution is -2.27. The minimum absolute atomic E-state index is 0.149. The van der Waals surface area contributed by atoms with Crippen LogP contribution in [0.3, 0.4) is 0 Å². The molecule has 0 aliphatic carbocycles. The van der Waals surface area contributed by atoms with Crippen LogP contribution in [0.2, 0.25) is 15.1 Å². The molecule has 1 heterocycles. The number of ether oxygens (including phenoxy) is 2. The monoisotopic (exact) mass is 532 g/mol. The molecule has 1 unspecified atom stereocenters. The maximum Gasteiger partial charge on any atom is 0.251 e. The van der Waals surface area contributed by atoms with Gasteiger partial charge in [-0.3, -0.25) is 9.59 Å². The molecule has 0 bridgehead atoms. The molecule has 9 heteroatoms. The Bertz CT molecular complexity index is 1230. The summed E-state index contributed by atoms with van der Waals surface area (Å²) in [7, 11) is 1.54. The number of carbonyl (C=O) groups excluding carboxylic acids is 2. The van der Waals surface area contributed by atoms with Crippen molar-refractivity contribution >= 4 is 46.6 Å². The molecule has 0 spiro atoms. The predicted molar refractivity (Wildman–Crippen MR) is 137 cm³/mol. The number of benzene rings is 3. The van der Waals surface area contributed by atoms with Crippen molar-refractivity contribution < 1.29 is 19.1 Å². The highest BCUT2D eigenvalue weighted by Gasteiger charge is 2.33. The van der Waals surface area contributed by atoms with Crippen LogP contribution in [-0.4, -0.2) is 25.5 Å². The highest BCUT2D eigenvalue weighted by molar-refractivity contribution is 6.34. The van der Waals surface area contributed by atoms with E-state index in [0.717, 1.165) is 11.1 Å². The van der Waals surface area contributed by atoms with Gasteiger partial charge < -0.3 is 20.1 Å². The van der Waals surface area contributed by atoms with E-state index < -0.39 is 0 Å². The first-order valence-corrected chi connectivity index (χ1v) is 12.1. The highest BCUT2D eigenvalue weighted by atomic mass is 35.5. The van der Waals surface area contributed by atoms with Gasteiger partial charge in [0.15, 0.2) is 11.5 Å². The highest BCUT2D eigenvalue weighted by Crippen LogP contribution is 2.44. The van der Waals surface area contributed by atoms with Crippen molar-refractivity contribution in [3.05, 3.63) is 91.9 Å². The van der Waals surface area contributed by atoms with Crippen LogP contribution in [0.1, 0.15) is 39.4 Å². The molecular formula is C26H23Cl3N2O4. The summed E-state index contributed by atoms with van der Waals surface area (Å²) < 4.78 is 11.3. The molecule has 0 fully saturated rings. The van der Waals surface area contributed by atoms with Crippen LogP contribution in [0.5, 0.6) is 11.5 Å². The molecule has 4 rings (SSSR count). The molecule has 6 nitrogen and oxygen atoms in total. The first-order chi connectivity index (χ1) is 16.8. The zero-order valence-corrected chi connectivity index (χ0v) is 21.1. The number of halogens is 3. The van der Waals surface area contributed by atoms with E-state index in [1.165, 1.54) is 7.11 Å². The molecular weight excluding hydrogens is 511 g/mol. The molecule has 3 aromatic rings. The Labute approximate surface area is 218 Å². The minimum Gasteiger partial charge on any atom is -0.493 e. The van der Waals surface area contributed by atoms with Crippen LogP contribution >= 0.6 is 34.8 Å². The number of carbonyl (C=O) groups is 2. The molecule has 1 aliphatic rings. The van der Waals surface area contributed by atoms with E-state index in [2.05, 4.69) is 10.6 Å². The lowest BCUT2D eigenvalue weighted by molar-refractivity contribution is -0.121. The number of fused-ring (bicyclic) bond motifs is 1. The van der Waals surface area contributed by atoms with Crippen LogP contribution in [0.25, 0.3) is 0 Å². The Kier molecular flexibility index (Phi) is 8.06. The van der Waals surface area contributed by atoms with Gasteiger partial charge >= 0.3 is 0 Å². The second-order valence-corrected chi connectivity index (χ2v) is 9.44. The maximum absolute atomic E-state index is 13.1. The van der Waals surface area contributed by atoms with Crippen molar-refractivity contribution in [1.29, 1.82) is 0 Å². The van der Waals surface area contributed by atoms with E-state index >= 15 is 0 Å². The third kappa shape index (κ3) is 6.20. The minimum atomic E-state index is -0.299. The average molecular weight is 534 g/mol. The summed E-state index contributed by atoms with van der Waals surface area (Å²) in [6.45, 7) is 0.894. The van der Waals surface area contributed by atoms with Gasteiger partial charge in [0, 0.05) is 51.6 Å². The predicted octanol–water partition coefficient (Wildman–Crippen LogP) is 5.77. The molecule has 3 aromatic carbocycles. The zero-order chi connectivity index (χ0) is 24.9. The van der Waals surface area contributed by atoms with Crippen molar-refractivity contribution in [2.24, 2.45) is 0 Å². The Morgan fingerprint density at radius 1 is 0.914 bits per heavy atom. The summed E-state index contributed by atoms with van der Waals surface area (Å²) in [5.41, 5.74) is 2.80. The molecule has 0 radical (unpaired) electrons. The maximum atomic E-state index is 13.1. The second-order valence-electron chi connectivity index (χ2n) is 8.13. The fourth-order valence-corrected chi connectivity index (χ4v) is 4.71. The van der Waals surface area contributed by atoms with Gasteiger partial charge in [0.2, 0.25) is 5.91 Å². The van der Waals surface area contributed by atoms with E-state index in [4.69, 9.17) is 44.3 Å². The van der Waals surface area contributed by atoms with E-state index in [0.29, 0.717) is 44.2 Å². The first kappa shape index (κ1) is 25.2. The van der Waals surface area contributed by atoms with Gasteiger partial charge in [-0.2, -0.15) is 0 Å². The number of rotatable bonds is 8. The third-order valence-electron chi connectivity index (χ3n) is 5.67. The lowest BCUT2D eigenvalue weighted by Gasteiger charge is -2.15. The number of nitrogens with one attached hydrogen (secondary N) is 2. The van der Waals surface area contributed by atoms with E-state index in [9.17, 15) is 9.59 Å². The van der Waals surface area contributed by atoms with Crippen LogP contribution in [0.15, 0.2) is 54.6 Å². The van der Waals surface area contributed by atoms with Crippen molar-refractivity contribution in [3.8, 4) is 11.5 Å². The Morgan fingerprint density at radius 3 is 2.29 bits per heavy atom. The summed E-state index contributed by atoms with van der Waals surface area (Å²) in [5, 5.41) is 7.43. The lowest BCUT2D eigenvalue weighted by atomic mass is 9.92. The van der Waals surface area contributed by atoms with Gasteiger partial charge in [0.1, 0.15) is 0 Å². The number of hydrogen-bond donors (Lipinski definition) is 2. The number of hydrogen-bond acceptors (Lipinski definition) is 4. The average Bonchev–Trinajstić information content (AvgIpc) is 3.24. The molecule has 182 valence electrons. The third-order valence-corrected chi connectivity index (χ3v) is 6.36. The van der Waals surface area contributed by atoms with Crippen LogP contribution in [-0.2, 0) is 17.9 Å². The standard InChI is InChI=1S/C26H23Cl3N2O4/c1-34-22-7-6-21(26(33)31-13-16-8-19(28)11-20(29)9-16)24-17(14-35-25(22)24)10-23(32)30-12-15-2-4-18(27)5-3-15/h2-9,11,17H,10,12-14H2,1H3,(H,30,32)(H,31,33). The molecule has 2 N–H and O–H groups in total. The van der Waals surface area contributed by atoms with Crippen molar-refractivity contribution in [1.82, 2.24) is 10.6 Å². The van der Waals surface area contributed by atoms with E-state index in [1.807, 2.05) is 12.1 Å². The first-order valence-electron chi connectivity index (χ1n) is 10.9. The zero-order valence-electron chi connectivity index (χ0n) is 18.9. The van der Waals surface area contributed by atoms with Gasteiger partial charge in [-0.25, -0.2) is 0 Å². The molecule has 35 heavy (non-hydrogen) atoms. The molecule has 2 amide bonds. The van der Waals surface area contributed by atoms with Gasteiger partial charge in [-0.15, -0.1) is 0 Å². The fourth-order valence-electron chi connectivity index (χ4n) is 4.01. The molecule has 0 saturated carbocycles. The smallest absolute Gasteiger partial charge is 0.251 e. The summed E-state index contributed by atoms with van der Waals surface area (Å²) >= 11 is 18.0. The Balaban J connectivity index is 1.48. The molecule has 0 aromatic heterocycles. The van der Waals surface area contributed by atoms with Gasteiger partial charge in [0.25, 0.3) is 5.91 Å². The molecule has 1 aliphatic heterocycles. The summed E-state index contributed by atoms with van der Waals surface area (Å²) in [4.78, 5) is 25.8. The van der Waals surface area contributed by atoms with Gasteiger partial charge in [-0.1, -0.05) is 46.9 Å². The van der Waals surface area contributed by atoms with Crippen LogP contribution in [0, 0.1) is 0 Å². The number of methoxy groups -OCH3 is 1. The normalized spacial score (nSPS) is 14.1. The summed E-state index contributed by atoms with van der Waals surface area (Å²) in [6.07, 6.45) is 0.165. The van der Waals surface area contributed by atoms with Crippen molar-refractivity contribution in [2.75, 3.05) is 13.7 Å².